The fourth-order valence-electron chi connectivity index (χ4n) is 2.72. The van der Waals surface area contributed by atoms with E-state index >= 15 is 0 Å². The summed E-state index contributed by atoms with van der Waals surface area (Å²) in [4.78, 5) is 11.7. The van der Waals surface area contributed by atoms with Gasteiger partial charge in [0.2, 0.25) is 5.91 Å². The van der Waals surface area contributed by atoms with E-state index in [1.54, 1.807) is 6.07 Å². The molecule has 0 aromatic heterocycles. The fraction of sp³-hybridized carbons (Fsp3) is 0.235. The highest BCUT2D eigenvalue weighted by Crippen LogP contribution is 2.36. The van der Waals surface area contributed by atoms with E-state index in [0.717, 1.165) is 16.7 Å². The van der Waals surface area contributed by atoms with Crippen LogP contribution in [-0.4, -0.2) is 11.0 Å². The Morgan fingerprint density at radius 1 is 1.24 bits per heavy atom. The number of hydrogen-bond acceptors (Lipinski definition) is 2. The Morgan fingerprint density at radius 3 is 2.81 bits per heavy atom. The molecule has 3 rings (SSSR count). The van der Waals surface area contributed by atoms with Gasteiger partial charge < -0.3 is 10.4 Å². The Bertz CT molecular complexity index is 712. The molecular weight excluding hydrogens is 286 g/mol. The molecule has 3 nitrogen and oxygen atoms in total. The maximum Gasteiger partial charge on any atom is 0.224 e. The highest BCUT2D eigenvalue weighted by molar-refractivity contribution is 6.31. The van der Waals surface area contributed by atoms with Crippen LogP contribution < -0.4 is 5.32 Å². The molecule has 2 N–H and O–H groups in total. The number of carbonyl (C=O) groups excluding carboxylic acids is 1. The van der Waals surface area contributed by atoms with E-state index in [-0.39, 0.29) is 5.91 Å². The van der Waals surface area contributed by atoms with E-state index < -0.39 is 6.10 Å². The Labute approximate surface area is 128 Å². The molecule has 0 radical (unpaired) electrons. The lowest BCUT2D eigenvalue weighted by Gasteiger charge is -2.23. The van der Waals surface area contributed by atoms with Crippen LogP contribution in [0.2, 0.25) is 5.02 Å². The van der Waals surface area contributed by atoms with Gasteiger partial charge in [-0.2, -0.15) is 0 Å². The van der Waals surface area contributed by atoms with Crippen LogP contribution in [0, 0.1) is 6.92 Å². The molecule has 2 aromatic carbocycles. The lowest BCUT2D eigenvalue weighted by atomic mass is 9.93. The minimum atomic E-state index is -0.809. The van der Waals surface area contributed by atoms with Gasteiger partial charge in [-0.05, 0) is 36.6 Å². The predicted octanol–water partition coefficient (Wildman–Crippen LogP) is 3.61. The average molecular weight is 302 g/mol. The molecule has 1 aliphatic rings. The standard InChI is InChI=1S/C17H16ClNO2/c1-10-3-2-4-12(7-10)17(21)14-9-13(18)8-11-5-6-15(20)19-16(11)14/h2-4,7-9,17,21H,5-6H2,1H3,(H,19,20). The third-order valence-electron chi connectivity index (χ3n) is 3.75. The van der Waals surface area contributed by atoms with Crippen molar-refractivity contribution in [2.75, 3.05) is 5.32 Å². The van der Waals surface area contributed by atoms with E-state index in [9.17, 15) is 9.90 Å². The first kappa shape index (κ1) is 14.1. The van der Waals surface area contributed by atoms with E-state index in [1.807, 2.05) is 37.3 Å². The maximum atomic E-state index is 11.7. The molecule has 1 heterocycles. The first-order valence-corrected chi connectivity index (χ1v) is 7.29. The normalized spacial score (nSPS) is 15.3. The van der Waals surface area contributed by atoms with Gasteiger partial charge in [0.15, 0.2) is 0 Å². The molecule has 0 fully saturated rings. The average Bonchev–Trinajstić information content (AvgIpc) is 2.46. The van der Waals surface area contributed by atoms with Gasteiger partial charge in [-0.1, -0.05) is 41.4 Å². The minimum absolute atomic E-state index is 0.0254. The molecule has 0 saturated heterocycles. The molecule has 1 unspecified atom stereocenters. The number of aliphatic hydroxyl groups is 1. The fourth-order valence-corrected chi connectivity index (χ4v) is 2.97. The first-order chi connectivity index (χ1) is 10.0. The third kappa shape index (κ3) is 2.80. The van der Waals surface area contributed by atoms with Crippen LogP contribution in [0.5, 0.6) is 0 Å². The quantitative estimate of drug-likeness (QED) is 0.890. The highest BCUT2D eigenvalue weighted by atomic mass is 35.5. The van der Waals surface area contributed by atoms with Gasteiger partial charge >= 0.3 is 0 Å². The van der Waals surface area contributed by atoms with Crippen molar-refractivity contribution < 1.29 is 9.90 Å². The summed E-state index contributed by atoms with van der Waals surface area (Å²) in [6.07, 6.45) is 0.290. The number of amides is 1. The Morgan fingerprint density at radius 2 is 2.05 bits per heavy atom. The maximum absolute atomic E-state index is 11.7. The Hall–Kier alpha value is -1.84. The van der Waals surface area contributed by atoms with Crippen molar-refractivity contribution in [1.29, 1.82) is 0 Å². The van der Waals surface area contributed by atoms with Gasteiger partial charge in [-0.3, -0.25) is 4.79 Å². The second-order valence-corrected chi connectivity index (χ2v) is 5.83. The largest absolute Gasteiger partial charge is 0.384 e. The van der Waals surface area contributed by atoms with Gasteiger partial charge in [0.1, 0.15) is 6.10 Å². The van der Waals surface area contributed by atoms with Crippen molar-refractivity contribution >= 4 is 23.2 Å². The predicted molar refractivity (Wildman–Crippen MR) is 83.6 cm³/mol. The van der Waals surface area contributed by atoms with Crippen LogP contribution in [0.25, 0.3) is 0 Å². The Balaban J connectivity index is 2.09. The number of anilines is 1. The number of halogens is 1. The molecule has 0 spiro atoms. The molecule has 1 aliphatic heterocycles. The van der Waals surface area contributed by atoms with E-state index in [4.69, 9.17) is 11.6 Å². The van der Waals surface area contributed by atoms with Crippen molar-refractivity contribution in [3.63, 3.8) is 0 Å². The molecule has 1 amide bonds. The zero-order valence-electron chi connectivity index (χ0n) is 11.7. The summed E-state index contributed by atoms with van der Waals surface area (Å²) in [6, 6.07) is 11.3. The minimum Gasteiger partial charge on any atom is -0.384 e. The SMILES string of the molecule is Cc1cccc(C(O)c2cc(Cl)cc3c2NC(=O)CC3)c1. The van der Waals surface area contributed by atoms with Gasteiger partial charge in [-0.25, -0.2) is 0 Å². The zero-order valence-corrected chi connectivity index (χ0v) is 12.4. The van der Waals surface area contributed by atoms with Crippen molar-refractivity contribution in [3.8, 4) is 0 Å². The Kier molecular flexibility index (Phi) is 3.70. The van der Waals surface area contributed by atoms with Gasteiger partial charge in [0.25, 0.3) is 0 Å². The van der Waals surface area contributed by atoms with E-state index in [2.05, 4.69) is 5.32 Å². The number of fused-ring (bicyclic) bond motifs is 1. The summed E-state index contributed by atoms with van der Waals surface area (Å²) >= 11 is 6.16. The first-order valence-electron chi connectivity index (χ1n) is 6.91. The van der Waals surface area contributed by atoms with E-state index in [0.29, 0.717) is 29.1 Å². The second-order valence-electron chi connectivity index (χ2n) is 5.39. The van der Waals surface area contributed by atoms with Crippen LogP contribution in [-0.2, 0) is 11.2 Å². The van der Waals surface area contributed by atoms with Gasteiger partial charge in [0, 0.05) is 17.0 Å². The summed E-state index contributed by atoms with van der Waals surface area (Å²) in [5.41, 5.74) is 4.19. The molecular formula is C17H16ClNO2. The molecule has 108 valence electrons. The smallest absolute Gasteiger partial charge is 0.224 e. The van der Waals surface area contributed by atoms with Crippen molar-refractivity contribution in [3.05, 3.63) is 63.7 Å². The van der Waals surface area contributed by atoms with Gasteiger partial charge in [0.05, 0.1) is 5.69 Å². The highest BCUT2D eigenvalue weighted by Gasteiger charge is 2.23. The van der Waals surface area contributed by atoms with Crippen LogP contribution in [0.4, 0.5) is 5.69 Å². The molecule has 0 saturated carbocycles. The number of hydrogen-bond donors (Lipinski definition) is 2. The number of aliphatic hydroxyl groups excluding tert-OH is 1. The van der Waals surface area contributed by atoms with Crippen LogP contribution in [0.3, 0.4) is 0 Å². The molecule has 4 heteroatoms. The summed E-state index contributed by atoms with van der Waals surface area (Å²) in [7, 11) is 0. The van der Waals surface area contributed by atoms with Crippen molar-refractivity contribution in [2.24, 2.45) is 0 Å². The van der Waals surface area contributed by atoms with Crippen molar-refractivity contribution in [1.82, 2.24) is 0 Å². The summed E-state index contributed by atoms with van der Waals surface area (Å²) in [5.74, 6) is -0.0254. The lowest BCUT2D eigenvalue weighted by Crippen LogP contribution is -2.21. The molecule has 0 bridgehead atoms. The lowest BCUT2D eigenvalue weighted by molar-refractivity contribution is -0.116. The van der Waals surface area contributed by atoms with Crippen LogP contribution in [0.1, 0.15) is 34.8 Å². The van der Waals surface area contributed by atoms with Gasteiger partial charge in [-0.15, -0.1) is 0 Å². The van der Waals surface area contributed by atoms with Crippen LogP contribution >= 0.6 is 11.6 Å². The van der Waals surface area contributed by atoms with E-state index in [1.165, 1.54) is 0 Å². The molecule has 1 atom stereocenters. The number of aryl methyl sites for hydroxylation is 2. The zero-order chi connectivity index (χ0) is 15.0. The number of rotatable bonds is 2. The summed E-state index contributed by atoms with van der Waals surface area (Å²) in [5, 5.41) is 14.1. The topological polar surface area (TPSA) is 49.3 Å². The third-order valence-corrected chi connectivity index (χ3v) is 3.97. The number of benzene rings is 2. The molecule has 21 heavy (non-hydrogen) atoms. The second kappa shape index (κ2) is 5.51. The van der Waals surface area contributed by atoms with Crippen molar-refractivity contribution in [2.45, 2.75) is 25.9 Å². The number of carbonyl (C=O) groups is 1. The van der Waals surface area contributed by atoms with Crippen LogP contribution in [0.15, 0.2) is 36.4 Å². The monoisotopic (exact) mass is 301 g/mol. The molecule has 0 aliphatic carbocycles. The summed E-state index contributed by atoms with van der Waals surface area (Å²) in [6.45, 7) is 1.98. The molecule has 2 aromatic rings. The number of nitrogens with one attached hydrogen (secondary N) is 1. The summed E-state index contributed by atoms with van der Waals surface area (Å²) < 4.78 is 0.